The molecule has 2 saturated heterocycles. The average molecular weight is 250 g/mol. The Labute approximate surface area is 108 Å². The summed E-state index contributed by atoms with van der Waals surface area (Å²) in [6.07, 6.45) is 5.52. The Morgan fingerprint density at radius 3 is 2.59 bits per heavy atom. The van der Waals surface area contributed by atoms with Crippen molar-refractivity contribution < 1.29 is 0 Å². The van der Waals surface area contributed by atoms with Gasteiger partial charge in [0.05, 0.1) is 0 Å². The van der Waals surface area contributed by atoms with Gasteiger partial charge >= 0.3 is 0 Å². The number of nitrogens with one attached hydrogen (secondary N) is 1. The number of fused-ring (bicyclic) bond motifs is 2. The Morgan fingerprint density at radius 2 is 2.00 bits per heavy atom. The molecule has 3 heterocycles. The number of aryl methyl sites for hydroxylation is 1. The molecule has 2 aliphatic rings. The summed E-state index contributed by atoms with van der Waals surface area (Å²) < 4.78 is 0. The summed E-state index contributed by atoms with van der Waals surface area (Å²) in [4.78, 5) is 5.51. The van der Waals surface area contributed by atoms with Gasteiger partial charge in [-0.15, -0.1) is 11.3 Å². The van der Waals surface area contributed by atoms with Crippen LogP contribution >= 0.6 is 11.3 Å². The van der Waals surface area contributed by atoms with E-state index >= 15 is 0 Å². The summed E-state index contributed by atoms with van der Waals surface area (Å²) in [5, 5.41) is 3.76. The Balaban J connectivity index is 1.54. The lowest BCUT2D eigenvalue weighted by Gasteiger charge is -2.36. The quantitative estimate of drug-likeness (QED) is 0.887. The molecule has 0 amide bonds. The Bertz CT molecular complexity index is 373. The molecule has 1 N–H and O–H groups in total. The lowest BCUT2D eigenvalue weighted by molar-refractivity contribution is 0.148. The first-order chi connectivity index (χ1) is 8.22. The first-order valence-corrected chi connectivity index (χ1v) is 7.54. The van der Waals surface area contributed by atoms with Gasteiger partial charge < -0.3 is 10.2 Å². The van der Waals surface area contributed by atoms with E-state index in [0.29, 0.717) is 0 Å². The van der Waals surface area contributed by atoms with Crippen molar-refractivity contribution in [3.63, 3.8) is 0 Å². The highest BCUT2D eigenvalue weighted by Crippen LogP contribution is 2.34. The molecule has 0 aliphatic carbocycles. The van der Waals surface area contributed by atoms with Crippen LogP contribution in [0, 0.1) is 6.92 Å². The third-order valence-electron chi connectivity index (χ3n) is 4.46. The van der Waals surface area contributed by atoms with Gasteiger partial charge in [-0.2, -0.15) is 0 Å². The predicted octanol–water partition coefficient (Wildman–Crippen LogP) is 2.77. The Kier molecular flexibility index (Phi) is 3.24. The largest absolute Gasteiger partial charge is 0.309 e. The van der Waals surface area contributed by atoms with Crippen molar-refractivity contribution in [1.82, 2.24) is 10.2 Å². The summed E-state index contributed by atoms with van der Waals surface area (Å²) in [7, 11) is 2.31. The van der Waals surface area contributed by atoms with Crippen molar-refractivity contribution in [3.05, 3.63) is 21.9 Å². The topological polar surface area (TPSA) is 15.3 Å². The maximum atomic E-state index is 3.76. The van der Waals surface area contributed by atoms with Gasteiger partial charge in [0.25, 0.3) is 0 Å². The molecule has 94 valence electrons. The minimum Gasteiger partial charge on any atom is -0.309 e. The molecule has 2 fully saturated rings. The van der Waals surface area contributed by atoms with Crippen LogP contribution in [0.3, 0.4) is 0 Å². The molecule has 1 aromatic rings. The number of piperidine rings is 1. The molecule has 2 unspecified atom stereocenters. The SMILES string of the molecule is Cc1ccc(CNC2CC3CCC(C2)N3C)s1. The molecular weight excluding hydrogens is 228 g/mol. The minimum absolute atomic E-state index is 0.742. The second-order valence-corrected chi connectivity index (χ2v) is 6.98. The first kappa shape index (κ1) is 11.7. The maximum Gasteiger partial charge on any atom is 0.0302 e. The maximum absolute atomic E-state index is 3.76. The number of nitrogens with zero attached hydrogens (tertiary/aromatic N) is 1. The standard InChI is InChI=1S/C14H22N2S/c1-10-3-6-14(17-10)9-15-11-7-12-4-5-13(8-11)16(12)2/h3,6,11-13,15H,4-5,7-9H2,1-2H3. The average Bonchev–Trinajstić information content (AvgIpc) is 2.78. The summed E-state index contributed by atoms with van der Waals surface area (Å²) in [6, 6.07) is 6.91. The van der Waals surface area contributed by atoms with Gasteiger partial charge in [-0.05, 0) is 51.8 Å². The summed E-state index contributed by atoms with van der Waals surface area (Å²) in [6.45, 7) is 3.25. The zero-order valence-electron chi connectivity index (χ0n) is 10.8. The van der Waals surface area contributed by atoms with E-state index in [4.69, 9.17) is 0 Å². The lowest BCUT2D eigenvalue weighted by atomic mass is 9.98. The molecule has 1 aromatic heterocycles. The van der Waals surface area contributed by atoms with Crippen LogP contribution in [0.4, 0.5) is 0 Å². The highest BCUT2D eigenvalue weighted by atomic mass is 32.1. The molecule has 2 atom stereocenters. The van der Waals surface area contributed by atoms with Gasteiger partial charge in [-0.3, -0.25) is 0 Å². The molecular formula is C14H22N2S. The van der Waals surface area contributed by atoms with Gasteiger partial charge in [0.1, 0.15) is 0 Å². The zero-order chi connectivity index (χ0) is 11.8. The van der Waals surface area contributed by atoms with Crippen LogP contribution < -0.4 is 5.32 Å². The van der Waals surface area contributed by atoms with Gasteiger partial charge in [0.15, 0.2) is 0 Å². The van der Waals surface area contributed by atoms with Crippen LogP contribution in [0.5, 0.6) is 0 Å². The van der Waals surface area contributed by atoms with Crippen molar-refractivity contribution in [2.75, 3.05) is 7.05 Å². The van der Waals surface area contributed by atoms with E-state index in [1.54, 1.807) is 0 Å². The van der Waals surface area contributed by atoms with Crippen molar-refractivity contribution in [2.24, 2.45) is 0 Å². The minimum atomic E-state index is 0.742. The van der Waals surface area contributed by atoms with E-state index in [2.05, 4.69) is 36.3 Å². The van der Waals surface area contributed by atoms with Crippen LogP contribution in [0.2, 0.25) is 0 Å². The number of hydrogen-bond acceptors (Lipinski definition) is 3. The van der Waals surface area contributed by atoms with Crippen molar-refractivity contribution in [1.29, 1.82) is 0 Å². The van der Waals surface area contributed by atoms with Crippen LogP contribution in [-0.2, 0) is 6.54 Å². The van der Waals surface area contributed by atoms with E-state index in [1.165, 1.54) is 35.4 Å². The molecule has 2 bridgehead atoms. The van der Waals surface area contributed by atoms with E-state index in [-0.39, 0.29) is 0 Å². The third-order valence-corrected chi connectivity index (χ3v) is 5.46. The fourth-order valence-electron chi connectivity index (χ4n) is 3.40. The molecule has 2 nitrogen and oxygen atoms in total. The predicted molar refractivity (Wildman–Crippen MR) is 73.5 cm³/mol. The summed E-state index contributed by atoms with van der Waals surface area (Å²) in [5.74, 6) is 0. The summed E-state index contributed by atoms with van der Waals surface area (Å²) in [5.41, 5.74) is 0. The number of thiophene rings is 1. The van der Waals surface area contributed by atoms with Gasteiger partial charge in [-0.25, -0.2) is 0 Å². The van der Waals surface area contributed by atoms with Gasteiger partial charge in [0.2, 0.25) is 0 Å². The van der Waals surface area contributed by atoms with E-state index < -0.39 is 0 Å². The first-order valence-electron chi connectivity index (χ1n) is 6.73. The highest BCUT2D eigenvalue weighted by Gasteiger charge is 2.37. The molecule has 2 aliphatic heterocycles. The van der Waals surface area contributed by atoms with E-state index in [0.717, 1.165) is 24.7 Å². The molecule has 0 saturated carbocycles. The monoisotopic (exact) mass is 250 g/mol. The van der Waals surface area contributed by atoms with Crippen LogP contribution in [0.15, 0.2) is 12.1 Å². The summed E-state index contributed by atoms with van der Waals surface area (Å²) >= 11 is 1.92. The molecule has 3 rings (SSSR count). The fourth-order valence-corrected chi connectivity index (χ4v) is 4.24. The number of hydrogen-bond donors (Lipinski definition) is 1. The third kappa shape index (κ3) is 2.42. The number of rotatable bonds is 3. The normalized spacial score (nSPS) is 33.2. The molecule has 0 aromatic carbocycles. The smallest absolute Gasteiger partial charge is 0.0302 e. The van der Waals surface area contributed by atoms with Gasteiger partial charge in [0, 0.05) is 34.4 Å². The van der Waals surface area contributed by atoms with Crippen LogP contribution in [-0.4, -0.2) is 30.1 Å². The molecule has 17 heavy (non-hydrogen) atoms. The Hall–Kier alpha value is -0.380. The van der Waals surface area contributed by atoms with E-state index in [1.807, 2.05) is 11.3 Å². The van der Waals surface area contributed by atoms with Crippen LogP contribution in [0.1, 0.15) is 35.4 Å². The second-order valence-electron chi connectivity index (χ2n) is 5.61. The van der Waals surface area contributed by atoms with Crippen molar-refractivity contribution >= 4 is 11.3 Å². The Morgan fingerprint density at radius 1 is 1.29 bits per heavy atom. The van der Waals surface area contributed by atoms with Crippen LogP contribution in [0.25, 0.3) is 0 Å². The fraction of sp³-hybridized carbons (Fsp3) is 0.714. The molecule has 0 spiro atoms. The van der Waals surface area contributed by atoms with Crippen molar-refractivity contribution in [3.8, 4) is 0 Å². The van der Waals surface area contributed by atoms with E-state index in [9.17, 15) is 0 Å². The van der Waals surface area contributed by atoms with Gasteiger partial charge in [-0.1, -0.05) is 0 Å². The molecule has 0 radical (unpaired) electrons. The van der Waals surface area contributed by atoms with Crippen molar-refractivity contribution in [2.45, 2.75) is 57.3 Å². The zero-order valence-corrected chi connectivity index (χ0v) is 11.6. The molecule has 3 heteroatoms. The lowest BCUT2D eigenvalue weighted by Crippen LogP contribution is -2.46. The highest BCUT2D eigenvalue weighted by molar-refractivity contribution is 7.11. The second kappa shape index (κ2) is 4.71.